The third kappa shape index (κ3) is 0.920. The molecule has 1 aromatic rings. The predicted molar refractivity (Wildman–Crippen MR) is 40.9 cm³/mol. The molecule has 2 rings (SSSR count). The summed E-state index contributed by atoms with van der Waals surface area (Å²) in [6, 6.07) is 6.05. The van der Waals surface area contributed by atoms with Crippen molar-refractivity contribution in [1.29, 1.82) is 5.26 Å². The summed E-state index contributed by atoms with van der Waals surface area (Å²) in [6.07, 6.45) is 0. The van der Waals surface area contributed by atoms with E-state index in [1.54, 1.807) is 0 Å². The van der Waals surface area contributed by atoms with Gasteiger partial charge in [0.25, 0.3) is 0 Å². The van der Waals surface area contributed by atoms with E-state index in [9.17, 15) is 0 Å². The summed E-state index contributed by atoms with van der Waals surface area (Å²) in [5.41, 5.74) is 1.99. The normalized spacial score (nSPS) is 15.5. The summed E-state index contributed by atoms with van der Waals surface area (Å²) < 4.78 is 2.07. The highest BCUT2D eigenvalue weighted by Gasteiger charge is 2.10. The number of hydrogen-bond acceptors (Lipinski definition) is 2. The summed E-state index contributed by atoms with van der Waals surface area (Å²) in [7, 11) is 0. The SMILES string of the molecule is N#Cc1ccc2n1CCNC2. The van der Waals surface area contributed by atoms with Crippen molar-refractivity contribution in [2.45, 2.75) is 13.1 Å². The van der Waals surface area contributed by atoms with Crippen LogP contribution in [0, 0.1) is 11.3 Å². The average Bonchev–Trinajstić information content (AvgIpc) is 2.47. The number of hydrogen-bond donors (Lipinski definition) is 1. The molecule has 11 heavy (non-hydrogen) atoms. The molecule has 0 atom stereocenters. The molecule has 1 aromatic heterocycles. The average molecular weight is 147 g/mol. The number of nitrogens with zero attached hydrogens (tertiary/aromatic N) is 2. The predicted octanol–water partition coefficient (Wildman–Crippen LogP) is 0.463. The number of rotatable bonds is 0. The molecule has 0 radical (unpaired) electrons. The molecule has 1 aliphatic heterocycles. The van der Waals surface area contributed by atoms with E-state index in [-0.39, 0.29) is 0 Å². The van der Waals surface area contributed by atoms with Crippen LogP contribution in [0.5, 0.6) is 0 Å². The van der Waals surface area contributed by atoms with E-state index >= 15 is 0 Å². The Kier molecular flexibility index (Phi) is 1.41. The first-order chi connectivity index (χ1) is 5.42. The molecule has 1 aliphatic rings. The van der Waals surface area contributed by atoms with Crippen LogP contribution in [0.2, 0.25) is 0 Å². The molecular weight excluding hydrogens is 138 g/mol. The minimum atomic E-state index is 0.779. The molecule has 3 nitrogen and oxygen atoms in total. The fourth-order valence-corrected chi connectivity index (χ4v) is 1.43. The first-order valence-electron chi connectivity index (χ1n) is 3.71. The highest BCUT2D eigenvalue weighted by molar-refractivity contribution is 5.27. The van der Waals surface area contributed by atoms with Crippen molar-refractivity contribution in [1.82, 2.24) is 9.88 Å². The van der Waals surface area contributed by atoms with Gasteiger partial charge in [0.05, 0.1) is 0 Å². The zero-order chi connectivity index (χ0) is 7.68. The second-order valence-electron chi connectivity index (χ2n) is 2.65. The van der Waals surface area contributed by atoms with Gasteiger partial charge < -0.3 is 9.88 Å². The Labute approximate surface area is 65.2 Å². The summed E-state index contributed by atoms with van der Waals surface area (Å²) >= 11 is 0. The maximum absolute atomic E-state index is 8.69. The Hall–Kier alpha value is -1.27. The van der Waals surface area contributed by atoms with E-state index in [1.165, 1.54) is 5.69 Å². The summed E-state index contributed by atoms with van der Waals surface area (Å²) in [5, 5.41) is 11.9. The van der Waals surface area contributed by atoms with Gasteiger partial charge in [-0.2, -0.15) is 5.26 Å². The van der Waals surface area contributed by atoms with Crippen LogP contribution in [0.4, 0.5) is 0 Å². The first-order valence-corrected chi connectivity index (χ1v) is 3.71. The molecule has 1 N–H and O–H groups in total. The van der Waals surface area contributed by atoms with Gasteiger partial charge in [-0.25, -0.2) is 0 Å². The van der Waals surface area contributed by atoms with Gasteiger partial charge in [0.1, 0.15) is 11.8 Å². The molecule has 0 unspecified atom stereocenters. The number of nitrogens with one attached hydrogen (secondary N) is 1. The van der Waals surface area contributed by atoms with Crippen LogP contribution in [0.15, 0.2) is 12.1 Å². The highest BCUT2D eigenvalue weighted by atomic mass is 15.1. The monoisotopic (exact) mass is 147 g/mol. The van der Waals surface area contributed by atoms with E-state index in [1.807, 2.05) is 12.1 Å². The van der Waals surface area contributed by atoms with Crippen LogP contribution in [-0.4, -0.2) is 11.1 Å². The van der Waals surface area contributed by atoms with Gasteiger partial charge in [-0.05, 0) is 12.1 Å². The lowest BCUT2D eigenvalue weighted by Crippen LogP contribution is -2.28. The van der Waals surface area contributed by atoms with Gasteiger partial charge in [0.2, 0.25) is 0 Å². The molecule has 3 heteroatoms. The fourth-order valence-electron chi connectivity index (χ4n) is 1.43. The maximum Gasteiger partial charge on any atom is 0.120 e. The van der Waals surface area contributed by atoms with Crippen molar-refractivity contribution >= 4 is 0 Å². The minimum absolute atomic E-state index is 0.779. The van der Waals surface area contributed by atoms with Crippen LogP contribution in [0.1, 0.15) is 11.4 Å². The second kappa shape index (κ2) is 2.40. The lowest BCUT2D eigenvalue weighted by molar-refractivity contribution is 0.513. The van der Waals surface area contributed by atoms with Gasteiger partial charge in [0.15, 0.2) is 0 Å². The first kappa shape index (κ1) is 6.44. The molecule has 0 aromatic carbocycles. The fraction of sp³-hybridized carbons (Fsp3) is 0.375. The van der Waals surface area contributed by atoms with Crippen LogP contribution in [0.3, 0.4) is 0 Å². The zero-order valence-electron chi connectivity index (χ0n) is 6.17. The van der Waals surface area contributed by atoms with Gasteiger partial charge in [-0.1, -0.05) is 0 Å². The van der Waals surface area contributed by atoms with E-state index < -0.39 is 0 Å². The summed E-state index contributed by atoms with van der Waals surface area (Å²) in [5.74, 6) is 0. The number of nitriles is 1. The zero-order valence-corrected chi connectivity index (χ0v) is 6.17. The summed E-state index contributed by atoms with van der Waals surface area (Å²) in [6.45, 7) is 2.78. The quantitative estimate of drug-likeness (QED) is 0.579. The van der Waals surface area contributed by atoms with Crippen molar-refractivity contribution in [3.63, 3.8) is 0 Å². The topological polar surface area (TPSA) is 40.8 Å². The molecular formula is C8H9N3. The maximum atomic E-state index is 8.69. The minimum Gasteiger partial charge on any atom is -0.334 e. The van der Waals surface area contributed by atoms with Gasteiger partial charge in [0, 0.05) is 25.3 Å². The Morgan fingerprint density at radius 3 is 3.27 bits per heavy atom. The molecule has 0 bridgehead atoms. The molecule has 2 heterocycles. The van der Waals surface area contributed by atoms with E-state index in [2.05, 4.69) is 16.0 Å². The smallest absolute Gasteiger partial charge is 0.120 e. The van der Waals surface area contributed by atoms with Crippen LogP contribution >= 0.6 is 0 Å². The lowest BCUT2D eigenvalue weighted by atomic mass is 10.3. The van der Waals surface area contributed by atoms with Crippen molar-refractivity contribution in [2.75, 3.05) is 6.54 Å². The molecule has 0 spiro atoms. The third-order valence-electron chi connectivity index (χ3n) is 2.00. The van der Waals surface area contributed by atoms with Gasteiger partial charge >= 0.3 is 0 Å². The molecule has 0 saturated carbocycles. The Morgan fingerprint density at radius 2 is 2.45 bits per heavy atom. The number of aromatic nitrogens is 1. The van der Waals surface area contributed by atoms with E-state index in [4.69, 9.17) is 5.26 Å². The molecule has 0 aliphatic carbocycles. The Balaban J connectivity index is 2.48. The molecule has 0 saturated heterocycles. The Morgan fingerprint density at radius 1 is 1.55 bits per heavy atom. The van der Waals surface area contributed by atoms with Crippen LogP contribution < -0.4 is 5.32 Å². The summed E-state index contributed by atoms with van der Waals surface area (Å²) in [4.78, 5) is 0. The van der Waals surface area contributed by atoms with Crippen molar-refractivity contribution in [3.8, 4) is 6.07 Å². The largest absolute Gasteiger partial charge is 0.334 e. The van der Waals surface area contributed by atoms with Crippen molar-refractivity contribution in [3.05, 3.63) is 23.5 Å². The lowest BCUT2D eigenvalue weighted by Gasteiger charge is -2.16. The second-order valence-corrected chi connectivity index (χ2v) is 2.65. The van der Waals surface area contributed by atoms with Gasteiger partial charge in [-0.3, -0.25) is 0 Å². The van der Waals surface area contributed by atoms with Crippen LogP contribution in [-0.2, 0) is 13.1 Å². The Bertz CT molecular complexity index is 306. The molecule has 0 fully saturated rings. The van der Waals surface area contributed by atoms with Crippen LogP contribution in [0.25, 0.3) is 0 Å². The van der Waals surface area contributed by atoms with Gasteiger partial charge in [-0.15, -0.1) is 0 Å². The molecule has 0 amide bonds. The standard InChI is InChI=1S/C8H9N3/c9-5-7-1-2-8-6-10-3-4-11(7)8/h1-2,10H,3-4,6H2. The number of fused-ring (bicyclic) bond motifs is 1. The van der Waals surface area contributed by atoms with E-state index in [0.29, 0.717) is 0 Å². The van der Waals surface area contributed by atoms with E-state index in [0.717, 1.165) is 25.3 Å². The highest BCUT2D eigenvalue weighted by Crippen LogP contribution is 2.10. The molecule has 56 valence electrons. The van der Waals surface area contributed by atoms with Crippen molar-refractivity contribution in [2.24, 2.45) is 0 Å². The third-order valence-corrected chi connectivity index (χ3v) is 2.00. The van der Waals surface area contributed by atoms with Crippen molar-refractivity contribution < 1.29 is 0 Å².